The predicted octanol–water partition coefficient (Wildman–Crippen LogP) is 0.482. The Hall–Kier alpha value is -0.130. The van der Waals surface area contributed by atoms with Crippen molar-refractivity contribution in [2.75, 3.05) is 37.7 Å². The summed E-state index contributed by atoms with van der Waals surface area (Å²) in [5.41, 5.74) is 6.00. The van der Waals surface area contributed by atoms with Crippen molar-refractivity contribution in [3.63, 3.8) is 0 Å². The van der Waals surface area contributed by atoms with Crippen LogP contribution in [0.2, 0.25) is 0 Å². The smallest absolute Gasteiger partial charge is 0.151 e. The second-order valence-electron chi connectivity index (χ2n) is 5.09. The van der Waals surface area contributed by atoms with Gasteiger partial charge in [-0.1, -0.05) is 13.8 Å². The van der Waals surface area contributed by atoms with E-state index < -0.39 is 9.84 Å². The van der Waals surface area contributed by atoms with Crippen molar-refractivity contribution in [1.29, 1.82) is 0 Å². The van der Waals surface area contributed by atoms with Gasteiger partial charge in [0.15, 0.2) is 9.84 Å². The highest BCUT2D eigenvalue weighted by atomic mass is 32.2. The van der Waals surface area contributed by atoms with Gasteiger partial charge in [0, 0.05) is 12.3 Å². The molecule has 1 saturated heterocycles. The third-order valence-electron chi connectivity index (χ3n) is 3.71. The first-order valence-electron chi connectivity index (χ1n) is 6.04. The molecule has 0 spiro atoms. The van der Waals surface area contributed by atoms with Gasteiger partial charge in [-0.05, 0) is 37.9 Å². The number of hydrogen-bond donors (Lipinski definition) is 1. The summed E-state index contributed by atoms with van der Waals surface area (Å²) >= 11 is 0. The molecule has 0 aromatic heterocycles. The van der Waals surface area contributed by atoms with Gasteiger partial charge >= 0.3 is 0 Å². The Morgan fingerprint density at radius 1 is 1.31 bits per heavy atom. The van der Waals surface area contributed by atoms with Crippen LogP contribution in [0.4, 0.5) is 0 Å². The van der Waals surface area contributed by atoms with Crippen LogP contribution < -0.4 is 5.73 Å². The fourth-order valence-corrected chi connectivity index (χ4v) is 2.76. The van der Waals surface area contributed by atoms with E-state index in [4.69, 9.17) is 5.73 Å². The lowest BCUT2D eigenvalue weighted by Crippen LogP contribution is -2.43. The molecule has 1 aliphatic rings. The molecule has 0 atom stereocenters. The molecule has 16 heavy (non-hydrogen) atoms. The molecule has 1 fully saturated rings. The average Bonchev–Trinajstić information content (AvgIpc) is 2.29. The summed E-state index contributed by atoms with van der Waals surface area (Å²) in [6.45, 7) is 7.29. The Morgan fingerprint density at radius 2 is 1.88 bits per heavy atom. The summed E-state index contributed by atoms with van der Waals surface area (Å²) in [6, 6.07) is 0. The Labute approximate surface area is 99.1 Å². The summed E-state index contributed by atoms with van der Waals surface area (Å²) in [5.74, 6) is 0.546. The highest BCUT2D eigenvalue weighted by molar-refractivity contribution is 7.91. The van der Waals surface area contributed by atoms with Gasteiger partial charge in [0.05, 0.1) is 5.75 Å². The lowest BCUT2D eigenvalue weighted by molar-refractivity contribution is 0.130. The summed E-state index contributed by atoms with van der Waals surface area (Å²) in [7, 11) is -2.82. The van der Waals surface area contributed by atoms with Crippen molar-refractivity contribution in [2.45, 2.75) is 26.7 Å². The standard InChI is InChI=1S/C11H24N2O2S/c1-3-16(14,15)9-8-13-6-4-11(2,10-12)5-7-13/h3-10,12H2,1-2H3. The van der Waals surface area contributed by atoms with Crippen LogP contribution in [0.15, 0.2) is 0 Å². The number of sulfone groups is 1. The Kier molecular flexibility index (Phi) is 4.76. The van der Waals surface area contributed by atoms with Crippen molar-refractivity contribution in [3.8, 4) is 0 Å². The number of nitrogens with two attached hydrogens (primary N) is 1. The van der Waals surface area contributed by atoms with Crippen LogP contribution in [0.1, 0.15) is 26.7 Å². The van der Waals surface area contributed by atoms with Gasteiger partial charge in [0.25, 0.3) is 0 Å². The highest BCUT2D eigenvalue weighted by Crippen LogP contribution is 2.29. The van der Waals surface area contributed by atoms with Gasteiger partial charge in [-0.3, -0.25) is 0 Å². The van der Waals surface area contributed by atoms with Crippen LogP contribution >= 0.6 is 0 Å². The topological polar surface area (TPSA) is 63.4 Å². The summed E-state index contributed by atoms with van der Waals surface area (Å²) in [4.78, 5) is 2.24. The van der Waals surface area contributed by atoms with Crippen molar-refractivity contribution in [2.24, 2.45) is 11.1 Å². The zero-order valence-corrected chi connectivity index (χ0v) is 11.2. The molecule has 0 aromatic carbocycles. The molecule has 0 radical (unpaired) electrons. The molecule has 4 nitrogen and oxygen atoms in total. The number of nitrogens with zero attached hydrogens (tertiary/aromatic N) is 1. The zero-order chi connectivity index (χ0) is 12.2. The van der Waals surface area contributed by atoms with Gasteiger partial charge in [0.2, 0.25) is 0 Å². The SMILES string of the molecule is CCS(=O)(=O)CCN1CCC(C)(CN)CC1. The first kappa shape index (κ1) is 13.9. The predicted molar refractivity (Wildman–Crippen MR) is 67.2 cm³/mol. The molecule has 5 heteroatoms. The monoisotopic (exact) mass is 248 g/mol. The van der Waals surface area contributed by atoms with Gasteiger partial charge in [-0.15, -0.1) is 0 Å². The van der Waals surface area contributed by atoms with Crippen LogP contribution in [-0.4, -0.2) is 51.0 Å². The lowest BCUT2D eigenvalue weighted by Gasteiger charge is -2.38. The van der Waals surface area contributed by atoms with Crippen LogP contribution in [0, 0.1) is 5.41 Å². The molecule has 96 valence electrons. The maximum absolute atomic E-state index is 11.4. The third kappa shape index (κ3) is 4.03. The molecular formula is C11H24N2O2S. The van der Waals surface area contributed by atoms with Crippen LogP contribution in [0.3, 0.4) is 0 Å². The van der Waals surface area contributed by atoms with Crippen molar-refractivity contribution >= 4 is 9.84 Å². The first-order valence-corrected chi connectivity index (χ1v) is 7.86. The van der Waals surface area contributed by atoms with Crippen molar-refractivity contribution in [1.82, 2.24) is 4.90 Å². The van der Waals surface area contributed by atoms with Crippen molar-refractivity contribution < 1.29 is 8.42 Å². The van der Waals surface area contributed by atoms with Crippen LogP contribution in [0.25, 0.3) is 0 Å². The molecule has 1 aliphatic heterocycles. The molecule has 1 heterocycles. The third-order valence-corrected chi connectivity index (χ3v) is 5.40. The quantitative estimate of drug-likeness (QED) is 0.769. The summed E-state index contributed by atoms with van der Waals surface area (Å²) in [5, 5.41) is 0. The maximum atomic E-state index is 11.4. The normalized spacial score (nSPS) is 22.2. The maximum Gasteiger partial charge on any atom is 0.151 e. The Bertz CT molecular complexity index is 306. The van der Waals surface area contributed by atoms with E-state index in [0.29, 0.717) is 12.3 Å². The molecular weight excluding hydrogens is 224 g/mol. The molecule has 0 saturated carbocycles. The lowest BCUT2D eigenvalue weighted by atomic mass is 9.80. The van der Waals surface area contributed by atoms with E-state index in [1.165, 1.54) is 0 Å². The van der Waals surface area contributed by atoms with E-state index in [0.717, 1.165) is 32.5 Å². The minimum atomic E-state index is -2.82. The largest absolute Gasteiger partial charge is 0.330 e. The van der Waals surface area contributed by atoms with E-state index in [-0.39, 0.29) is 11.2 Å². The number of hydrogen-bond acceptors (Lipinski definition) is 4. The molecule has 0 unspecified atom stereocenters. The molecule has 2 N–H and O–H groups in total. The Balaban J connectivity index is 2.33. The molecule has 1 rings (SSSR count). The van der Waals surface area contributed by atoms with E-state index in [1.807, 2.05) is 0 Å². The molecule has 0 amide bonds. The van der Waals surface area contributed by atoms with E-state index >= 15 is 0 Å². The second-order valence-corrected chi connectivity index (χ2v) is 7.57. The van der Waals surface area contributed by atoms with Gasteiger partial charge in [-0.25, -0.2) is 8.42 Å². The molecule has 0 aliphatic carbocycles. The zero-order valence-electron chi connectivity index (χ0n) is 10.4. The molecule has 0 bridgehead atoms. The second kappa shape index (κ2) is 5.47. The fourth-order valence-electron chi connectivity index (χ4n) is 1.93. The Morgan fingerprint density at radius 3 is 2.31 bits per heavy atom. The minimum absolute atomic E-state index is 0.251. The van der Waals surface area contributed by atoms with Gasteiger partial charge in [-0.2, -0.15) is 0 Å². The van der Waals surface area contributed by atoms with Gasteiger partial charge < -0.3 is 10.6 Å². The van der Waals surface area contributed by atoms with Crippen LogP contribution in [-0.2, 0) is 9.84 Å². The van der Waals surface area contributed by atoms with Crippen molar-refractivity contribution in [3.05, 3.63) is 0 Å². The van der Waals surface area contributed by atoms with E-state index in [1.54, 1.807) is 6.92 Å². The first-order chi connectivity index (χ1) is 7.41. The highest BCUT2D eigenvalue weighted by Gasteiger charge is 2.28. The van der Waals surface area contributed by atoms with Crippen LogP contribution in [0.5, 0.6) is 0 Å². The number of piperidine rings is 1. The summed E-state index contributed by atoms with van der Waals surface area (Å²) < 4.78 is 22.8. The molecule has 0 aromatic rings. The number of rotatable bonds is 5. The number of likely N-dealkylation sites (tertiary alicyclic amines) is 1. The minimum Gasteiger partial charge on any atom is -0.330 e. The fraction of sp³-hybridized carbons (Fsp3) is 1.00. The van der Waals surface area contributed by atoms with E-state index in [9.17, 15) is 8.42 Å². The van der Waals surface area contributed by atoms with Gasteiger partial charge in [0.1, 0.15) is 0 Å². The van der Waals surface area contributed by atoms with E-state index in [2.05, 4.69) is 11.8 Å². The summed E-state index contributed by atoms with van der Waals surface area (Å²) in [6.07, 6.45) is 2.16. The average molecular weight is 248 g/mol.